The van der Waals surface area contributed by atoms with Crippen LogP contribution in [0.2, 0.25) is 0 Å². The molecule has 0 aliphatic carbocycles. The Morgan fingerprint density at radius 1 is 1.29 bits per heavy atom. The van der Waals surface area contributed by atoms with Crippen LogP contribution in [0.1, 0.15) is 0 Å². The lowest BCUT2D eigenvalue weighted by molar-refractivity contribution is -0.116. The van der Waals surface area contributed by atoms with E-state index < -0.39 is 6.03 Å². The maximum atomic E-state index is 11.9. The van der Waals surface area contributed by atoms with Crippen LogP contribution in [-0.2, 0) is 4.79 Å². The van der Waals surface area contributed by atoms with Crippen LogP contribution in [0, 0.1) is 12.3 Å². The molecule has 1 aromatic carbocycles. The average Bonchev–Trinajstić information content (AvgIpc) is 2.57. The van der Waals surface area contributed by atoms with Crippen LogP contribution in [0.5, 0.6) is 0 Å². The predicted molar refractivity (Wildman–Crippen MR) is 64.1 cm³/mol. The SMILES string of the molecule is C#CCN1CC(=O)N(c2ccc(N)cc2)C1=O. The molecule has 86 valence electrons. The highest BCUT2D eigenvalue weighted by molar-refractivity contribution is 6.19. The van der Waals surface area contributed by atoms with E-state index in [0.717, 1.165) is 4.90 Å². The topological polar surface area (TPSA) is 66.6 Å². The van der Waals surface area contributed by atoms with Gasteiger partial charge in [-0.05, 0) is 24.3 Å². The number of rotatable bonds is 2. The Labute approximate surface area is 98.8 Å². The molecule has 1 aliphatic heterocycles. The first-order valence-electron chi connectivity index (χ1n) is 5.04. The first-order chi connectivity index (χ1) is 8.13. The van der Waals surface area contributed by atoms with Crippen molar-refractivity contribution in [3.63, 3.8) is 0 Å². The molecule has 2 rings (SSSR count). The van der Waals surface area contributed by atoms with Gasteiger partial charge in [-0.15, -0.1) is 6.42 Å². The standard InChI is InChI=1S/C12H11N3O2/c1-2-7-14-8-11(16)15(12(14)17)10-5-3-9(13)4-6-10/h1,3-6H,7-8,13H2. The van der Waals surface area contributed by atoms with Gasteiger partial charge in [0.1, 0.15) is 6.54 Å². The lowest BCUT2D eigenvalue weighted by Crippen LogP contribution is -2.33. The third-order valence-electron chi connectivity index (χ3n) is 2.47. The minimum Gasteiger partial charge on any atom is -0.399 e. The predicted octanol–water partition coefficient (Wildman–Crippen LogP) is 0.671. The first kappa shape index (κ1) is 11.0. The fourth-order valence-electron chi connectivity index (χ4n) is 1.66. The minimum atomic E-state index is -0.391. The Morgan fingerprint density at radius 2 is 1.94 bits per heavy atom. The zero-order valence-electron chi connectivity index (χ0n) is 9.09. The molecular formula is C12H11N3O2. The van der Waals surface area contributed by atoms with Crippen LogP contribution in [0.4, 0.5) is 16.2 Å². The summed E-state index contributed by atoms with van der Waals surface area (Å²) in [4.78, 5) is 26.0. The summed E-state index contributed by atoms with van der Waals surface area (Å²) in [6, 6.07) is 6.15. The molecule has 1 aromatic rings. The molecule has 1 saturated heterocycles. The molecular weight excluding hydrogens is 218 g/mol. The maximum Gasteiger partial charge on any atom is 0.332 e. The van der Waals surface area contributed by atoms with Crippen molar-refractivity contribution in [3.8, 4) is 12.3 Å². The molecule has 0 bridgehead atoms. The number of benzene rings is 1. The smallest absolute Gasteiger partial charge is 0.332 e. The molecule has 2 N–H and O–H groups in total. The second-order valence-corrected chi connectivity index (χ2v) is 3.66. The van der Waals surface area contributed by atoms with E-state index in [1.54, 1.807) is 24.3 Å². The van der Waals surface area contributed by atoms with Gasteiger partial charge in [0, 0.05) is 5.69 Å². The van der Waals surface area contributed by atoms with Crippen LogP contribution in [0.15, 0.2) is 24.3 Å². The van der Waals surface area contributed by atoms with Crippen molar-refractivity contribution < 1.29 is 9.59 Å². The molecule has 0 unspecified atom stereocenters. The number of carbonyl (C=O) groups excluding carboxylic acids is 2. The molecule has 1 fully saturated rings. The fourth-order valence-corrected chi connectivity index (χ4v) is 1.66. The molecule has 5 heteroatoms. The van der Waals surface area contributed by atoms with Gasteiger partial charge in [-0.1, -0.05) is 5.92 Å². The zero-order chi connectivity index (χ0) is 12.4. The highest BCUT2D eigenvalue weighted by Crippen LogP contribution is 2.22. The number of nitrogen functional groups attached to an aromatic ring is 1. The van der Waals surface area contributed by atoms with Gasteiger partial charge in [0.05, 0.1) is 12.2 Å². The van der Waals surface area contributed by atoms with Crippen molar-refractivity contribution >= 4 is 23.3 Å². The van der Waals surface area contributed by atoms with E-state index in [4.69, 9.17) is 12.2 Å². The third kappa shape index (κ3) is 1.93. The van der Waals surface area contributed by atoms with Gasteiger partial charge in [0.25, 0.3) is 5.91 Å². The Bertz CT molecular complexity index is 501. The number of amides is 3. The monoisotopic (exact) mass is 229 g/mol. The lowest BCUT2D eigenvalue weighted by Gasteiger charge is -2.15. The molecule has 1 heterocycles. The quantitative estimate of drug-likeness (QED) is 0.460. The highest BCUT2D eigenvalue weighted by Gasteiger charge is 2.36. The van der Waals surface area contributed by atoms with Crippen molar-refractivity contribution in [1.29, 1.82) is 0 Å². The van der Waals surface area contributed by atoms with Crippen LogP contribution in [0.3, 0.4) is 0 Å². The van der Waals surface area contributed by atoms with Crippen LogP contribution < -0.4 is 10.6 Å². The largest absolute Gasteiger partial charge is 0.399 e. The average molecular weight is 229 g/mol. The van der Waals surface area contributed by atoms with Gasteiger partial charge in [-0.25, -0.2) is 9.69 Å². The second kappa shape index (κ2) is 4.18. The van der Waals surface area contributed by atoms with Gasteiger partial charge in [0.15, 0.2) is 0 Å². The summed E-state index contributed by atoms with van der Waals surface area (Å²) in [6.45, 7) is 0.156. The van der Waals surface area contributed by atoms with Gasteiger partial charge >= 0.3 is 6.03 Å². The molecule has 0 spiro atoms. The Hall–Kier alpha value is -2.48. The number of urea groups is 1. The first-order valence-corrected chi connectivity index (χ1v) is 5.04. The van der Waals surface area contributed by atoms with Crippen molar-refractivity contribution in [2.24, 2.45) is 0 Å². The Kier molecular flexibility index (Phi) is 2.71. The van der Waals surface area contributed by atoms with E-state index in [-0.39, 0.29) is 19.0 Å². The molecule has 0 aromatic heterocycles. The summed E-state index contributed by atoms with van der Waals surface area (Å²) in [5.41, 5.74) is 6.63. The molecule has 0 saturated carbocycles. The molecule has 17 heavy (non-hydrogen) atoms. The summed E-state index contributed by atoms with van der Waals surface area (Å²) in [7, 11) is 0. The number of nitrogens with zero attached hydrogens (tertiary/aromatic N) is 2. The fraction of sp³-hybridized carbons (Fsp3) is 0.167. The number of nitrogens with two attached hydrogens (primary N) is 1. The summed E-state index contributed by atoms with van der Waals surface area (Å²) in [5, 5.41) is 0. The highest BCUT2D eigenvalue weighted by atomic mass is 16.2. The van der Waals surface area contributed by atoms with E-state index in [0.29, 0.717) is 11.4 Å². The Balaban J connectivity index is 2.28. The normalized spacial score (nSPS) is 15.2. The van der Waals surface area contributed by atoms with Gasteiger partial charge in [-0.2, -0.15) is 0 Å². The number of imide groups is 1. The summed E-state index contributed by atoms with van der Waals surface area (Å²) in [6.07, 6.45) is 5.13. The second-order valence-electron chi connectivity index (χ2n) is 3.66. The number of terminal acetylenes is 1. The third-order valence-corrected chi connectivity index (χ3v) is 2.47. The van der Waals surface area contributed by atoms with Gasteiger partial charge in [0.2, 0.25) is 0 Å². The van der Waals surface area contributed by atoms with Crippen LogP contribution in [0.25, 0.3) is 0 Å². The van der Waals surface area contributed by atoms with E-state index in [9.17, 15) is 9.59 Å². The molecule has 0 atom stereocenters. The van der Waals surface area contributed by atoms with E-state index in [2.05, 4.69) is 5.92 Å². The van der Waals surface area contributed by atoms with Crippen LogP contribution in [-0.4, -0.2) is 29.9 Å². The lowest BCUT2D eigenvalue weighted by atomic mass is 10.2. The number of carbonyl (C=O) groups is 2. The maximum absolute atomic E-state index is 11.9. The van der Waals surface area contributed by atoms with Crippen molar-refractivity contribution in [2.45, 2.75) is 0 Å². The number of anilines is 2. The van der Waals surface area contributed by atoms with E-state index >= 15 is 0 Å². The zero-order valence-corrected chi connectivity index (χ0v) is 9.09. The van der Waals surface area contributed by atoms with E-state index in [1.165, 1.54) is 4.90 Å². The van der Waals surface area contributed by atoms with Crippen molar-refractivity contribution in [3.05, 3.63) is 24.3 Å². The number of hydrogen-bond donors (Lipinski definition) is 1. The summed E-state index contributed by atoms with van der Waals surface area (Å²) < 4.78 is 0. The van der Waals surface area contributed by atoms with Crippen LogP contribution >= 0.6 is 0 Å². The van der Waals surface area contributed by atoms with Gasteiger partial charge in [-0.3, -0.25) is 4.79 Å². The van der Waals surface area contributed by atoms with Gasteiger partial charge < -0.3 is 10.6 Å². The Morgan fingerprint density at radius 3 is 2.53 bits per heavy atom. The van der Waals surface area contributed by atoms with Crippen molar-refractivity contribution in [1.82, 2.24) is 4.90 Å². The molecule has 0 radical (unpaired) electrons. The molecule has 1 aliphatic rings. The summed E-state index contributed by atoms with van der Waals surface area (Å²) in [5.74, 6) is 2.07. The summed E-state index contributed by atoms with van der Waals surface area (Å²) >= 11 is 0. The van der Waals surface area contributed by atoms with E-state index in [1.807, 2.05) is 0 Å². The minimum absolute atomic E-state index is 0.0212. The molecule has 5 nitrogen and oxygen atoms in total. The molecule has 3 amide bonds. The number of hydrogen-bond acceptors (Lipinski definition) is 3. The van der Waals surface area contributed by atoms with Crippen molar-refractivity contribution in [2.75, 3.05) is 23.7 Å².